The number of aryl methyl sites for hydroxylation is 3. The summed E-state index contributed by atoms with van der Waals surface area (Å²) in [7, 11) is 3.04. The Kier molecular flexibility index (Phi) is 4.71. The highest BCUT2D eigenvalue weighted by atomic mass is 32.1. The number of furan rings is 1. The molecule has 118 valence electrons. The molecular formula is C16H19NO4S. The maximum Gasteiger partial charge on any atom is 0.341 e. The van der Waals surface area contributed by atoms with Crippen molar-refractivity contribution in [2.45, 2.75) is 27.3 Å². The van der Waals surface area contributed by atoms with Crippen molar-refractivity contribution in [3.05, 3.63) is 44.5 Å². The average Bonchev–Trinajstić information content (AvgIpc) is 2.99. The molecule has 6 heteroatoms. The Hall–Kier alpha value is -2.08. The number of esters is 1. The van der Waals surface area contributed by atoms with Crippen molar-refractivity contribution < 1.29 is 18.7 Å². The summed E-state index contributed by atoms with van der Waals surface area (Å²) in [5, 5.41) is 0. The zero-order chi connectivity index (χ0) is 16.4. The number of carbonyl (C=O) groups is 2. The zero-order valence-corrected chi connectivity index (χ0v) is 14.2. The lowest BCUT2D eigenvalue weighted by atomic mass is 10.2. The first kappa shape index (κ1) is 16.3. The normalized spacial score (nSPS) is 10.6. The van der Waals surface area contributed by atoms with Crippen LogP contribution < -0.4 is 0 Å². The highest BCUT2D eigenvalue weighted by Crippen LogP contribution is 2.23. The highest BCUT2D eigenvalue weighted by molar-refractivity contribution is 7.12. The topological polar surface area (TPSA) is 59.8 Å². The fourth-order valence-corrected chi connectivity index (χ4v) is 3.20. The lowest BCUT2D eigenvalue weighted by molar-refractivity contribution is 0.0598. The van der Waals surface area contributed by atoms with E-state index in [9.17, 15) is 9.59 Å². The summed E-state index contributed by atoms with van der Waals surface area (Å²) < 4.78 is 10.2. The van der Waals surface area contributed by atoms with Crippen molar-refractivity contribution in [3.63, 3.8) is 0 Å². The average molecular weight is 321 g/mol. The molecule has 2 rings (SSSR count). The fourth-order valence-electron chi connectivity index (χ4n) is 2.29. The van der Waals surface area contributed by atoms with Crippen molar-refractivity contribution in [2.24, 2.45) is 0 Å². The fraction of sp³-hybridized carbons (Fsp3) is 0.375. The van der Waals surface area contributed by atoms with E-state index in [1.165, 1.54) is 7.11 Å². The van der Waals surface area contributed by atoms with Crippen LogP contribution >= 0.6 is 11.3 Å². The van der Waals surface area contributed by atoms with Crippen LogP contribution in [0.1, 0.15) is 42.0 Å². The van der Waals surface area contributed by atoms with Gasteiger partial charge in [-0.25, -0.2) is 4.79 Å². The summed E-state index contributed by atoms with van der Waals surface area (Å²) in [4.78, 5) is 27.7. The van der Waals surface area contributed by atoms with Gasteiger partial charge in [-0.3, -0.25) is 4.79 Å². The Morgan fingerprint density at radius 3 is 2.45 bits per heavy atom. The molecule has 0 aliphatic carbocycles. The Labute approximate surface area is 133 Å². The number of amides is 1. The summed E-state index contributed by atoms with van der Waals surface area (Å²) in [6.45, 7) is 5.91. The summed E-state index contributed by atoms with van der Waals surface area (Å²) >= 11 is 1.60. The van der Waals surface area contributed by atoms with Crippen LogP contribution in [0.3, 0.4) is 0 Å². The molecule has 0 spiro atoms. The third-order valence-corrected chi connectivity index (χ3v) is 4.35. The van der Waals surface area contributed by atoms with Gasteiger partial charge in [0.1, 0.15) is 17.1 Å². The van der Waals surface area contributed by atoms with E-state index < -0.39 is 5.97 Å². The highest BCUT2D eigenvalue weighted by Gasteiger charge is 2.20. The molecule has 0 N–H and O–H groups in total. The standard InChI is InChI=1S/C16H19NO4S/c1-9-6-14(11(3)22-9)15(18)17(4)8-12-7-13(10(2)21-12)16(19)20-5/h6-7H,8H2,1-5H3. The minimum absolute atomic E-state index is 0.0597. The molecule has 0 unspecified atom stereocenters. The molecule has 1 amide bonds. The van der Waals surface area contributed by atoms with E-state index in [0.717, 1.165) is 9.75 Å². The Bertz CT molecular complexity index is 714. The minimum Gasteiger partial charge on any atom is -0.465 e. The monoisotopic (exact) mass is 321 g/mol. The Morgan fingerprint density at radius 2 is 1.91 bits per heavy atom. The quantitative estimate of drug-likeness (QED) is 0.811. The summed E-state index contributed by atoms with van der Waals surface area (Å²) in [6.07, 6.45) is 0. The number of carbonyl (C=O) groups excluding carboxylic acids is 2. The smallest absolute Gasteiger partial charge is 0.341 e. The van der Waals surface area contributed by atoms with E-state index in [4.69, 9.17) is 9.15 Å². The van der Waals surface area contributed by atoms with Crippen LogP contribution in [-0.2, 0) is 11.3 Å². The van der Waals surface area contributed by atoms with Crippen LogP contribution in [0.25, 0.3) is 0 Å². The van der Waals surface area contributed by atoms with Gasteiger partial charge in [0.25, 0.3) is 5.91 Å². The van der Waals surface area contributed by atoms with Crippen LogP contribution in [0, 0.1) is 20.8 Å². The van der Waals surface area contributed by atoms with Gasteiger partial charge in [0.2, 0.25) is 0 Å². The summed E-state index contributed by atoms with van der Waals surface area (Å²) in [5.41, 5.74) is 1.10. The Balaban J connectivity index is 2.15. The second kappa shape index (κ2) is 6.36. The van der Waals surface area contributed by atoms with E-state index >= 15 is 0 Å². The molecule has 0 saturated heterocycles. The number of rotatable bonds is 4. The van der Waals surface area contributed by atoms with Gasteiger partial charge in [-0.2, -0.15) is 0 Å². The number of methoxy groups -OCH3 is 1. The predicted molar refractivity (Wildman–Crippen MR) is 84.4 cm³/mol. The lowest BCUT2D eigenvalue weighted by Gasteiger charge is -2.15. The SMILES string of the molecule is COC(=O)c1cc(CN(C)C(=O)c2cc(C)sc2C)oc1C. The molecule has 2 aromatic heterocycles. The van der Waals surface area contributed by atoms with Gasteiger partial charge in [0.15, 0.2) is 0 Å². The molecule has 2 heterocycles. The predicted octanol–water partition coefficient (Wildman–Crippen LogP) is 3.33. The number of thiophene rings is 1. The first-order valence-corrected chi connectivity index (χ1v) is 7.65. The van der Waals surface area contributed by atoms with Gasteiger partial charge in [-0.1, -0.05) is 0 Å². The van der Waals surface area contributed by atoms with Gasteiger partial charge < -0.3 is 14.1 Å². The van der Waals surface area contributed by atoms with E-state index in [1.807, 2.05) is 19.9 Å². The number of hydrogen-bond acceptors (Lipinski definition) is 5. The molecule has 0 atom stereocenters. The summed E-state index contributed by atoms with van der Waals surface area (Å²) in [6, 6.07) is 3.52. The molecule has 2 aromatic rings. The van der Waals surface area contributed by atoms with Gasteiger partial charge in [0.05, 0.1) is 19.2 Å². The third kappa shape index (κ3) is 3.22. The second-order valence-electron chi connectivity index (χ2n) is 5.16. The number of hydrogen-bond donors (Lipinski definition) is 0. The van der Waals surface area contributed by atoms with Crippen molar-refractivity contribution in [3.8, 4) is 0 Å². The zero-order valence-electron chi connectivity index (χ0n) is 13.4. The second-order valence-corrected chi connectivity index (χ2v) is 6.62. The van der Waals surface area contributed by atoms with Gasteiger partial charge >= 0.3 is 5.97 Å². The molecule has 5 nitrogen and oxygen atoms in total. The van der Waals surface area contributed by atoms with Crippen molar-refractivity contribution >= 4 is 23.2 Å². The van der Waals surface area contributed by atoms with Crippen LogP contribution in [0.2, 0.25) is 0 Å². The van der Waals surface area contributed by atoms with Gasteiger partial charge in [-0.15, -0.1) is 11.3 Å². The molecule has 0 radical (unpaired) electrons. The van der Waals surface area contributed by atoms with Gasteiger partial charge in [0, 0.05) is 16.8 Å². The van der Waals surface area contributed by atoms with Crippen molar-refractivity contribution in [1.29, 1.82) is 0 Å². The first-order valence-electron chi connectivity index (χ1n) is 6.83. The van der Waals surface area contributed by atoms with Crippen LogP contribution in [-0.4, -0.2) is 30.9 Å². The largest absolute Gasteiger partial charge is 0.465 e. The molecule has 0 aliphatic heterocycles. The maximum atomic E-state index is 12.5. The molecule has 0 bridgehead atoms. The summed E-state index contributed by atoms with van der Waals surface area (Å²) in [5.74, 6) is 0.546. The maximum absolute atomic E-state index is 12.5. The molecule has 0 fully saturated rings. The van der Waals surface area contributed by atoms with E-state index in [2.05, 4.69) is 0 Å². The van der Waals surface area contributed by atoms with Crippen molar-refractivity contribution in [1.82, 2.24) is 4.90 Å². The Morgan fingerprint density at radius 1 is 1.23 bits per heavy atom. The van der Waals surface area contributed by atoms with Gasteiger partial charge in [-0.05, 0) is 32.9 Å². The van der Waals surface area contributed by atoms with Crippen LogP contribution in [0.15, 0.2) is 16.5 Å². The van der Waals surface area contributed by atoms with E-state index in [1.54, 1.807) is 36.3 Å². The molecule has 22 heavy (non-hydrogen) atoms. The number of nitrogens with zero attached hydrogens (tertiary/aromatic N) is 1. The lowest BCUT2D eigenvalue weighted by Crippen LogP contribution is -2.26. The first-order chi connectivity index (χ1) is 10.3. The third-order valence-electron chi connectivity index (χ3n) is 3.39. The number of ether oxygens (including phenoxy) is 1. The van der Waals surface area contributed by atoms with E-state index in [-0.39, 0.29) is 5.91 Å². The van der Waals surface area contributed by atoms with Crippen molar-refractivity contribution in [2.75, 3.05) is 14.2 Å². The molecule has 0 saturated carbocycles. The van der Waals surface area contributed by atoms with Crippen LogP contribution in [0.4, 0.5) is 0 Å². The molecule has 0 aliphatic rings. The molecular weight excluding hydrogens is 302 g/mol. The molecule has 0 aromatic carbocycles. The van der Waals surface area contributed by atoms with Crippen LogP contribution in [0.5, 0.6) is 0 Å². The van der Waals surface area contributed by atoms with E-state index in [0.29, 0.717) is 29.2 Å². The minimum atomic E-state index is -0.439.